The van der Waals surface area contributed by atoms with Crippen LogP contribution in [0.5, 0.6) is 0 Å². The second kappa shape index (κ2) is 21.2. The summed E-state index contributed by atoms with van der Waals surface area (Å²) in [5.74, 6) is 0. The maximum absolute atomic E-state index is 10.7. The zero-order valence-corrected chi connectivity index (χ0v) is 25.1. The van der Waals surface area contributed by atoms with Crippen LogP contribution in [0.4, 0.5) is 0 Å². The molecule has 0 bridgehead atoms. The third-order valence-electron chi connectivity index (χ3n) is 4.99. The van der Waals surface area contributed by atoms with E-state index in [0.717, 1.165) is 38.5 Å². The molecule has 0 spiro atoms. The summed E-state index contributed by atoms with van der Waals surface area (Å²) in [6.07, 6.45) is 12.8. The standard InChI is InChI=1S/2C10H22O3S.Ba/c2*1-3-5-6-7-8-9-10(4-2)14(11,12)13;/h2*10H,3-9H2,1-2H3,(H,11,12,13);/q;;+2/p-2. The minimum Gasteiger partial charge on any atom is -0.748 e. The summed E-state index contributed by atoms with van der Waals surface area (Å²) in [5.41, 5.74) is 0. The minimum absolute atomic E-state index is 0. The van der Waals surface area contributed by atoms with Gasteiger partial charge in [0.15, 0.2) is 0 Å². The zero-order chi connectivity index (χ0) is 22.1. The van der Waals surface area contributed by atoms with Gasteiger partial charge < -0.3 is 9.11 Å². The summed E-state index contributed by atoms with van der Waals surface area (Å²) in [6.45, 7) is 7.78. The molecule has 2 unspecified atom stereocenters. The topological polar surface area (TPSA) is 114 Å². The molecule has 0 aliphatic carbocycles. The zero-order valence-electron chi connectivity index (χ0n) is 19.0. The molecule has 0 aliphatic rings. The van der Waals surface area contributed by atoms with Crippen molar-refractivity contribution in [1.29, 1.82) is 0 Å². The first-order valence-electron chi connectivity index (χ1n) is 10.9. The van der Waals surface area contributed by atoms with E-state index in [1.807, 2.05) is 0 Å². The average Bonchev–Trinajstić information content (AvgIpc) is 2.59. The molecule has 29 heavy (non-hydrogen) atoms. The molecule has 0 aromatic heterocycles. The third kappa shape index (κ3) is 22.4. The van der Waals surface area contributed by atoms with Gasteiger partial charge >= 0.3 is 48.9 Å². The fourth-order valence-corrected chi connectivity index (χ4v) is 4.78. The minimum atomic E-state index is -4.06. The summed E-state index contributed by atoms with van der Waals surface area (Å²) in [5, 5.41) is -1.33. The summed E-state index contributed by atoms with van der Waals surface area (Å²) in [7, 11) is -8.12. The Labute approximate surface area is 221 Å². The molecule has 172 valence electrons. The van der Waals surface area contributed by atoms with E-state index in [9.17, 15) is 25.9 Å². The Hall–Kier alpha value is 1.39. The average molecular weight is 580 g/mol. The number of hydrogen-bond acceptors (Lipinski definition) is 6. The van der Waals surface area contributed by atoms with Crippen LogP contribution in [-0.2, 0) is 20.2 Å². The fraction of sp³-hybridized carbons (Fsp3) is 1.00. The van der Waals surface area contributed by atoms with Crippen LogP contribution in [0.2, 0.25) is 0 Å². The van der Waals surface area contributed by atoms with Gasteiger partial charge in [-0.3, -0.25) is 0 Å². The van der Waals surface area contributed by atoms with Gasteiger partial charge in [0.25, 0.3) is 0 Å². The van der Waals surface area contributed by atoms with Crippen molar-refractivity contribution < 1.29 is 25.9 Å². The number of rotatable bonds is 16. The Morgan fingerprint density at radius 1 is 0.552 bits per heavy atom. The smallest absolute Gasteiger partial charge is 0.748 e. The Bertz CT molecular complexity index is 499. The summed E-state index contributed by atoms with van der Waals surface area (Å²) >= 11 is 0. The largest absolute Gasteiger partial charge is 2.00 e. The van der Waals surface area contributed by atoms with Crippen LogP contribution in [0.25, 0.3) is 0 Å². The monoisotopic (exact) mass is 580 g/mol. The van der Waals surface area contributed by atoms with Crippen LogP contribution in [0, 0.1) is 0 Å². The van der Waals surface area contributed by atoms with E-state index in [-0.39, 0.29) is 48.9 Å². The van der Waals surface area contributed by atoms with Gasteiger partial charge in [0, 0.05) is 10.5 Å². The van der Waals surface area contributed by atoms with Crippen molar-refractivity contribution in [3.8, 4) is 0 Å². The molecule has 2 atom stereocenters. The van der Waals surface area contributed by atoms with Gasteiger partial charge in [0.05, 0.1) is 20.2 Å². The summed E-state index contributed by atoms with van der Waals surface area (Å²) in [4.78, 5) is 0. The SMILES string of the molecule is CCCCCCCC(CC)S(=O)(=O)[O-].CCCCCCCC(CC)S(=O)(=O)[O-].[Ba+2]. The maximum Gasteiger partial charge on any atom is 2.00 e. The van der Waals surface area contributed by atoms with Gasteiger partial charge in [-0.25, -0.2) is 16.8 Å². The number of hydrogen-bond donors (Lipinski definition) is 0. The van der Waals surface area contributed by atoms with E-state index in [1.165, 1.54) is 25.7 Å². The first-order chi connectivity index (χ1) is 13.0. The summed E-state index contributed by atoms with van der Waals surface area (Å²) in [6, 6.07) is 0. The van der Waals surface area contributed by atoms with Gasteiger partial charge in [-0.15, -0.1) is 0 Å². The first kappa shape index (κ1) is 35.0. The molecule has 9 heteroatoms. The van der Waals surface area contributed by atoms with Crippen LogP contribution in [-0.4, -0.2) is 85.3 Å². The van der Waals surface area contributed by atoms with E-state index in [1.54, 1.807) is 13.8 Å². The van der Waals surface area contributed by atoms with Crippen molar-refractivity contribution in [2.24, 2.45) is 0 Å². The second-order valence-electron chi connectivity index (χ2n) is 7.45. The van der Waals surface area contributed by atoms with Gasteiger partial charge in [0.2, 0.25) is 0 Å². The Morgan fingerprint density at radius 3 is 1.03 bits per heavy atom. The van der Waals surface area contributed by atoms with Crippen LogP contribution in [0.1, 0.15) is 118 Å². The molecule has 0 aliphatic heterocycles. The van der Waals surface area contributed by atoms with Crippen molar-refractivity contribution in [2.75, 3.05) is 0 Å². The quantitative estimate of drug-likeness (QED) is 0.145. The van der Waals surface area contributed by atoms with Crippen LogP contribution in [0.15, 0.2) is 0 Å². The molecule has 0 radical (unpaired) electrons. The number of unbranched alkanes of at least 4 members (excludes halogenated alkanes) is 8. The molecule has 6 nitrogen and oxygen atoms in total. The predicted molar refractivity (Wildman–Crippen MR) is 120 cm³/mol. The summed E-state index contributed by atoms with van der Waals surface area (Å²) < 4.78 is 64.4. The molecule has 0 saturated heterocycles. The van der Waals surface area contributed by atoms with E-state index in [0.29, 0.717) is 25.7 Å². The molecule has 0 saturated carbocycles. The molecule has 0 heterocycles. The predicted octanol–water partition coefficient (Wildman–Crippen LogP) is 4.96. The fourth-order valence-electron chi connectivity index (χ4n) is 3.06. The van der Waals surface area contributed by atoms with Crippen LogP contribution >= 0.6 is 0 Å². The second-order valence-corrected chi connectivity index (χ2v) is 10.8. The van der Waals surface area contributed by atoms with Crippen molar-refractivity contribution in [3.63, 3.8) is 0 Å². The molecular weight excluding hydrogens is 538 g/mol. The van der Waals surface area contributed by atoms with Crippen molar-refractivity contribution >= 4 is 69.1 Å². The normalized spacial score (nSPS) is 13.7. The maximum atomic E-state index is 10.7. The Balaban J connectivity index is -0.000000451. The Kier molecular flexibility index (Phi) is 25.6. The van der Waals surface area contributed by atoms with Crippen molar-refractivity contribution in [2.45, 2.75) is 128 Å². The Morgan fingerprint density at radius 2 is 0.828 bits per heavy atom. The van der Waals surface area contributed by atoms with Gasteiger partial charge in [-0.05, 0) is 25.7 Å². The van der Waals surface area contributed by atoms with E-state index in [2.05, 4.69) is 13.8 Å². The molecule has 0 aromatic carbocycles. The molecule has 0 aromatic rings. The van der Waals surface area contributed by atoms with Gasteiger partial charge in [-0.2, -0.15) is 0 Å². The molecule has 0 fully saturated rings. The first-order valence-corrected chi connectivity index (χ1v) is 13.9. The van der Waals surface area contributed by atoms with Crippen LogP contribution in [0.3, 0.4) is 0 Å². The molecule has 0 rings (SSSR count). The van der Waals surface area contributed by atoms with Gasteiger partial charge in [0.1, 0.15) is 0 Å². The van der Waals surface area contributed by atoms with Gasteiger partial charge in [-0.1, -0.05) is 91.9 Å². The molecule has 0 N–H and O–H groups in total. The molecular formula is C20H42BaO6S2. The van der Waals surface area contributed by atoms with E-state index < -0.39 is 30.7 Å². The van der Waals surface area contributed by atoms with E-state index >= 15 is 0 Å². The molecule has 0 amide bonds. The van der Waals surface area contributed by atoms with Crippen LogP contribution < -0.4 is 0 Å². The van der Waals surface area contributed by atoms with Crippen molar-refractivity contribution in [1.82, 2.24) is 0 Å². The third-order valence-corrected chi connectivity index (χ3v) is 7.76. The van der Waals surface area contributed by atoms with Crippen molar-refractivity contribution in [3.05, 3.63) is 0 Å². The van der Waals surface area contributed by atoms with E-state index in [4.69, 9.17) is 0 Å².